The number of methoxy groups -OCH3 is 1. The van der Waals surface area contributed by atoms with E-state index in [-0.39, 0.29) is 11.9 Å². The molecule has 4 rings (SSSR count). The Morgan fingerprint density at radius 2 is 1.90 bits per heavy atom. The fraction of sp³-hybridized carbons (Fsp3) is 0.217. The number of benzene rings is 1. The molecule has 158 valence electrons. The van der Waals surface area contributed by atoms with Crippen LogP contribution in [0.2, 0.25) is 0 Å². The highest BCUT2D eigenvalue weighted by Gasteiger charge is 2.20. The molecule has 1 amide bonds. The van der Waals surface area contributed by atoms with Gasteiger partial charge >= 0.3 is 5.97 Å². The number of ether oxygens (including phenoxy) is 1. The maximum absolute atomic E-state index is 12.9. The smallest absolute Gasteiger partial charge is 0.337 e. The molecule has 0 unspecified atom stereocenters. The lowest BCUT2D eigenvalue weighted by molar-refractivity contribution is 0.0600. The molecule has 0 atom stereocenters. The first-order chi connectivity index (χ1) is 14.9. The Balaban J connectivity index is 1.63. The van der Waals surface area contributed by atoms with Crippen molar-refractivity contribution in [3.05, 3.63) is 64.9 Å². The highest BCUT2D eigenvalue weighted by atomic mass is 32.1. The van der Waals surface area contributed by atoms with Gasteiger partial charge in [0.2, 0.25) is 0 Å². The predicted octanol–water partition coefficient (Wildman–Crippen LogP) is 5.09. The first-order valence-corrected chi connectivity index (χ1v) is 10.6. The second-order valence-electron chi connectivity index (χ2n) is 7.37. The van der Waals surface area contributed by atoms with E-state index in [2.05, 4.69) is 33.7 Å². The number of rotatable bonds is 5. The van der Waals surface area contributed by atoms with Crippen molar-refractivity contribution in [1.82, 2.24) is 14.5 Å². The third-order valence-corrected chi connectivity index (χ3v) is 6.13. The number of carbonyl (C=O) groups is 2. The molecule has 0 fully saturated rings. The van der Waals surface area contributed by atoms with Crippen LogP contribution in [0.4, 0.5) is 5.69 Å². The number of nitrogens with one attached hydrogen (secondary N) is 1. The molecule has 4 aromatic rings. The Morgan fingerprint density at radius 1 is 1.16 bits per heavy atom. The highest BCUT2D eigenvalue weighted by Crippen LogP contribution is 2.35. The van der Waals surface area contributed by atoms with Crippen molar-refractivity contribution in [2.45, 2.75) is 26.8 Å². The fourth-order valence-corrected chi connectivity index (χ4v) is 4.35. The minimum Gasteiger partial charge on any atom is -0.465 e. The summed E-state index contributed by atoms with van der Waals surface area (Å²) >= 11 is 1.35. The number of thiazole rings is 1. The first kappa shape index (κ1) is 20.7. The minimum atomic E-state index is -0.420. The zero-order valence-electron chi connectivity index (χ0n) is 17.7. The third-order valence-electron chi connectivity index (χ3n) is 4.94. The standard InChI is InChI=1S/C23H22N4O3S/c1-13(2)27-12-18(17-6-5-11-24-20(17)27)22-25-14(3)19(31-22)21(28)26-16-9-7-15(8-10-16)23(29)30-4/h5-13H,1-4H3,(H,26,28). The van der Waals surface area contributed by atoms with Crippen molar-refractivity contribution >= 4 is 39.9 Å². The summed E-state index contributed by atoms with van der Waals surface area (Å²) in [4.78, 5) is 34.2. The summed E-state index contributed by atoms with van der Waals surface area (Å²) in [7, 11) is 1.33. The molecule has 0 aliphatic rings. The van der Waals surface area contributed by atoms with Gasteiger partial charge in [-0.05, 0) is 57.2 Å². The number of nitrogens with zero attached hydrogens (tertiary/aromatic N) is 3. The van der Waals surface area contributed by atoms with E-state index in [4.69, 9.17) is 4.74 Å². The largest absolute Gasteiger partial charge is 0.465 e. The van der Waals surface area contributed by atoms with E-state index < -0.39 is 5.97 Å². The molecular weight excluding hydrogens is 412 g/mol. The minimum absolute atomic E-state index is 0.238. The molecule has 0 aliphatic carbocycles. The molecule has 1 N–H and O–H groups in total. The van der Waals surface area contributed by atoms with Crippen LogP contribution in [0.5, 0.6) is 0 Å². The zero-order valence-corrected chi connectivity index (χ0v) is 18.5. The summed E-state index contributed by atoms with van der Waals surface area (Å²) in [6.07, 6.45) is 3.83. The number of esters is 1. The van der Waals surface area contributed by atoms with Crippen molar-refractivity contribution in [1.29, 1.82) is 0 Å². The fourth-order valence-electron chi connectivity index (χ4n) is 3.36. The van der Waals surface area contributed by atoms with Crippen LogP contribution in [0.25, 0.3) is 21.6 Å². The maximum Gasteiger partial charge on any atom is 0.337 e. The van der Waals surface area contributed by atoms with E-state index in [1.807, 2.05) is 25.3 Å². The van der Waals surface area contributed by atoms with E-state index in [1.54, 1.807) is 30.5 Å². The molecule has 31 heavy (non-hydrogen) atoms. The summed E-state index contributed by atoms with van der Waals surface area (Å²) in [5.74, 6) is -0.659. The van der Waals surface area contributed by atoms with Crippen LogP contribution in [0.3, 0.4) is 0 Å². The Labute approximate surface area is 183 Å². The predicted molar refractivity (Wildman–Crippen MR) is 122 cm³/mol. The van der Waals surface area contributed by atoms with Gasteiger partial charge in [-0.15, -0.1) is 11.3 Å². The summed E-state index contributed by atoms with van der Waals surface area (Å²) in [6.45, 7) is 6.04. The Hall–Kier alpha value is -3.52. The summed E-state index contributed by atoms with van der Waals surface area (Å²) in [5, 5.41) is 4.66. The topological polar surface area (TPSA) is 86.1 Å². The quantitative estimate of drug-likeness (QED) is 0.442. The monoisotopic (exact) mass is 434 g/mol. The van der Waals surface area contributed by atoms with Crippen molar-refractivity contribution in [3.63, 3.8) is 0 Å². The van der Waals surface area contributed by atoms with Crippen LogP contribution >= 0.6 is 11.3 Å². The van der Waals surface area contributed by atoms with Crippen LogP contribution in [-0.4, -0.2) is 33.5 Å². The second kappa shape index (κ2) is 8.31. The number of anilines is 1. The van der Waals surface area contributed by atoms with Crippen LogP contribution in [0.15, 0.2) is 48.8 Å². The van der Waals surface area contributed by atoms with Gasteiger partial charge in [-0.2, -0.15) is 0 Å². The van der Waals surface area contributed by atoms with Gasteiger partial charge in [0.05, 0.1) is 18.4 Å². The van der Waals surface area contributed by atoms with Gasteiger partial charge in [0.1, 0.15) is 15.5 Å². The van der Waals surface area contributed by atoms with Crippen molar-refractivity contribution in [2.75, 3.05) is 12.4 Å². The molecule has 0 saturated carbocycles. The lowest BCUT2D eigenvalue weighted by atomic mass is 10.2. The SMILES string of the molecule is COC(=O)c1ccc(NC(=O)c2sc(-c3cn(C(C)C)c4ncccc34)nc2C)cc1. The number of hydrogen-bond acceptors (Lipinski definition) is 6. The molecule has 0 radical (unpaired) electrons. The lowest BCUT2D eigenvalue weighted by Gasteiger charge is -2.07. The van der Waals surface area contributed by atoms with Crippen LogP contribution in [0.1, 0.15) is 45.6 Å². The van der Waals surface area contributed by atoms with Gasteiger partial charge in [-0.1, -0.05) is 0 Å². The summed E-state index contributed by atoms with van der Waals surface area (Å²) < 4.78 is 6.81. The average Bonchev–Trinajstić information content (AvgIpc) is 3.34. The van der Waals surface area contributed by atoms with E-state index >= 15 is 0 Å². The molecule has 3 aromatic heterocycles. The molecule has 0 spiro atoms. The number of amides is 1. The van der Waals surface area contributed by atoms with Gasteiger partial charge < -0.3 is 14.6 Å². The van der Waals surface area contributed by atoms with Crippen molar-refractivity contribution < 1.29 is 14.3 Å². The van der Waals surface area contributed by atoms with Crippen molar-refractivity contribution in [2.24, 2.45) is 0 Å². The number of hydrogen-bond donors (Lipinski definition) is 1. The first-order valence-electron chi connectivity index (χ1n) is 9.82. The number of carbonyl (C=O) groups excluding carboxylic acids is 2. The molecule has 8 heteroatoms. The molecule has 0 bridgehead atoms. The molecule has 3 heterocycles. The normalized spacial score (nSPS) is 11.1. The number of aryl methyl sites for hydroxylation is 1. The molecular formula is C23H22N4O3S. The summed E-state index contributed by atoms with van der Waals surface area (Å²) in [5.41, 5.74) is 3.54. The molecule has 7 nitrogen and oxygen atoms in total. The van der Waals surface area contributed by atoms with Crippen LogP contribution < -0.4 is 5.32 Å². The highest BCUT2D eigenvalue weighted by molar-refractivity contribution is 7.17. The van der Waals surface area contributed by atoms with E-state index in [1.165, 1.54) is 18.4 Å². The average molecular weight is 435 g/mol. The maximum atomic E-state index is 12.9. The van der Waals surface area contributed by atoms with E-state index in [0.717, 1.165) is 21.6 Å². The van der Waals surface area contributed by atoms with Crippen molar-refractivity contribution in [3.8, 4) is 10.6 Å². The van der Waals surface area contributed by atoms with Gasteiger partial charge in [-0.3, -0.25) is 4.79 Å². The van der Waals surface area contributed by atoms with E-state index in [0.29, 0.717) is 21.8 Å². The van der Waals surface area contributed by atoms with Gasteiger partial charge in [0.15, 0.2) is 0 Å². The van der Waals surface area contributed by atoms with Crippen LogP contribution in [0, 0.1) is 6.92 Å². The molecule has 0 aliphatic heterocycles. The van der Waals surface area contributed by atoms with Gasteiger partial charge in [0.25, 0.3) is 5.91 Å². The van der Waals surface area contributed by atoms with Gasteiger partial charge in [-0.25, -0.2) is 14.8 Å². The lowest BCUT2D eigenvalue weighted by Crippen LogP contribution is -2.11. The molecule has 0 saturated heterocycles. The Morgan fingerprint density at radius 3 is 2.58 bits per heavy atom. The van der Waals surface area contributed by atoms with E-state index in [9.17, 15) is 9.59 Å². The molecule has 1 aromatic carbocycles. The number of aromatic nitrogens is 3. The zero-order chi connectivity index (χ0) is 22.1. The van der Waals surface area contributed by atoms with Crippen LogP contribution in [-0.2, 0) is 4.74 Å². The Bertz CT molecular complexity index is 1270. The summed E-state index contributed by atoms with van der Waals surface area (Å²) in [6, 6.07) is 10.7. The number of fused-ring (bicyclic) bond motifs is 1. The third kappa shape index (κ3) is 3.94. The van der Waals surface area contributed by atoms with Gasteiger partial charge in [0, 0.05) is 35.1 Å². The second-order valence-corrected chi connectivity index (χ2v) is 8.37. The number of pyridine rings is 1. The Kier molecular flexibility index (Phi) is 5.56.